The molecule has 0 aliphatic rings. The van der Waals surface area contributed by atoms with Gasteiger partial charge in [-0.2, -0.15) is 0 Å². The lowest BCUT2D eigenvalue weighted by molar-refractivity contribution is 0.00749. The predicted octanol–water partition coefficient (Wildman–Crippen LogP) is 4.29. The number of hydrogen-bond donors (Lipinski definition) is 1. The van der Waals surface area contributed by atoms with E-state index in [-0.39, 0.29) is 11.6 Å². The molecule has 0 saturated heterocycles. The Hall–Kier alpha value is -1.30. The molecule has 0 saturated carbocycles. The Morgan fingerprint density at radius 2 is 1.91 bits per heavy atom. The Morgan fingerprint density at radius 3 is 2.36 bits per heavy atom. The number of anilines is 1. The highest BCUT2D eigenvalue weighted by atomic mass is 79.9. The molecular weight excluding hydrogens is 346 g/mol. The van der Waals surface area contributed by atoms with Gasteiger partial charge in [-0.3, -0.25) is 0 Å². The summed E-state index contributed by atoms with van der Waals surface area (Å²) in [5.74, 6) is 0. The molecule has 0 aromatic carbocycles. The molecule has 1 aromatic heterocycles. The van der Waals surface area contributed by atoms with Gasteiger partial charge in [0.05, 0.1) is 11.9 Å². The molecule has 124 valence electrons. The van der Waals surface area contributed by atoms with Crippen molar-refractivity contribution in [1.29, 1.82) is 0 Å². The highest BCUT2D eigenvalue weighted by Gasteiger charge is 2.30. The molecule has 0 aliphatic heterocycles. The summed E-state index contributed by atoms with van der Waals surface area (Å²) in [6, 6.07) is 3.81. The molecule has 0 radical (unpaired) electrons. The van der Waals surface area contributed by atoms with Crippen LogP contribution in [0.25, 0.3) is 0 Å². The highest BCUT2D eigenvalue weighted by Crippen LogP contribution is 2.18. The van der Waals surface area contributed by atoms with Crippen LogP contribution < -0.4 is 5.32 Å². The molecule has 0 spiro atoms. The molecule has 1 N–H and O–H groups in total. The number of aromatic nitrogens is 1. The third-order valence-electron chi connectivity index (χ3n) is 2.82. The van der Waals surface area contributed by atoms with Crippen LogP contribution in [0, 0.1) is 0 Å². The minimum absolute atomic E-state index is 0.296. The molecule has 1 amide bonds. The topological polar surface area (TPSA) is 54.5 Å². The van der Waals surface area contributed by atoms with E-state index in [4.69, 9.17) is 4.74 Å². The van der Waals surface area contributed by atoms with E-state index in [1.807, 2.05) is 53.7 Å². The predicted molar refractivity (Wildman–Crippen MR) is 93.1 cm³/mol. The number of nitrogens with zero attached hydrogens (tertiary/aromatic N) is 2. The highest BCUT2D eigenvalue weighted by molar-refractivity contribution is 9.10. The summed E-state index contributed by atoms with van der Waals surface area (Å²) in [4.78, 5) is 18.2. The second kappa shape index (κ2) is 7.31. The second-order valence-corrected chi connectivity index (χ2v) is 7.91. The van der Waals surface area contributed by atoms with Crippen LogP contribution in [-0.2, 0) is 4.74 Å². The van der Waals surface area contributed by atoms with Crippen molar-refractivity contribution in [2.45, 2.75) is 52.7 Å². The molecule has 0 bridgehead atoms. The Kier molecular flexibility index (Phi) is 6.23. The molecule has 1 heterocycles. The van der Waals surface area contributed by atoms with E-state index in [1.165, 1.54) is 0 Å². The van der Waals surface area contributed by atoms with Crippen molar-refractivity contribution in [3.8, 4) is 0 Å². The molecule has 1 rings (SSSR count). The Morgan fingerprint density at radius 1 is 1.27 bits per heavy atom. The number of carbonyl (C=O) groups is 1. The van der Waals surface area contributed by atoms with Crippen molar-refractivity contribution >= 4 is 27.7 Å². The van der Waals surface area contributed by atoms with Crippen LogP contribution in [0.5, 0.6) is 0 Å². The number of rotatable bonds is 4. The smallest absolute Gasteiger partial charge is 0.410 e. The summed E-state index contributed by atoms with van der Waals surface area (Å²) in [6.45, 7) is 12.8. The summed E-state index contributed by atoms with van der Waals surface area (Å²) in [6.07, 6.45) is 1.45. The molecule has 0 atom stereocenters. The number of nitrogens with one attached hydrogen (secondary N) is 1. The van der Waals surface area contributed by atoms with Crippen molar-refractivity contribution in [3.05, 3.63) is 22.9 Å². The summed E-state index contributed by atoms with van der Waals surface area (Å²) >= 11 is 3.30. The van der Waals surface area contributed by atoms with Crippen molar-refractivity contribution in [3.63, 3.8) is 0 Å². The van der Waals surface area contributed by atoms with Crippen molar-refractivity contribution in [2.75, 3.05) is 18.4 Å². The van der Waals surface area contributed by atoms with Gasteiger partial charge in [-0.05, 0) is 69.6 Å². The minimum Gasteiger partial charge on any atom is -0.444 e. The maximum Gasteiger partial charge on any atom is 0.410 e. The quantitative estimate of drug-likeness (QED) is 0.801. The summed E-state index contributed by atoms with van der Waals surface area (Å²) in [7, 11) is 0. The standard InChI is InChI=1S/C16H26BrN3O2/c1-15(2,3)20(14(21)22-16(4,5)6)10-9-18-12-7-8-13(17)19-11-12/h7-8,11,18H,9-10H2,1-6H3. The van der Waals surface area contributed by atoms with E-state index in [0.717, 1.165) is 10.3 Å². The van der Waals surface area contributed by atoms with Crippen molar-refractivity contribution < 1.29 is 9.53 Å². The zero-order valence-electron chi connectivity index (χ0n) is 14.2. The van der Waals surface area contributed by atoms with Crippen LogP contribution in [-0.4, -0.2) is 40.2 Å². The van der Waals surface area contributed by atoms with Crippen molar-refractivity contribution in [1.82, 2.24) is 9.88 Å². The van der Waals surface area contributed by atoms with Gasteiger partial charge in [-0.1, -0.05) is 0 Å². The van der Waals surface area contributed by atoms with Crippen LogP contribution in [0.1, 0.15) is 41.5 Å². The van der Waals surface area contributed by atoms with Gasteiger partial charge in [0.25, 0.3) is 0 Å². The summed E-state index contributed by atoms with van der Waals surface area (Å²) < 4.78 is 6.28. The lowest BCUT2D eigenvalue weighted by Gasteiger charge is -2.37. The third kappa shape index (κ3) is 6.64. The maximum absolute atomic E-state index is 12.3. The first kappa shape index (κ1) is 18.7. The Balaban J connectivity index is 2.62. The maximum atomic E-state index is 12.3. The van der Waals surface area contributed by atoms with Gasteiger partial charge in [0.15, 0.2) is 0 Å². The van der Waals surface area contributed by atoms with Gasteiger partial charge in [-0.15, -0.1) is 0 Å². The average molecular weight is 372 g/mol. The molecule has 0 fully saturated rings. The van der Waals surface area contributed by atoms with Crippen LogP contribution >= 0.6 is 15.9 Å². The molecule has 5 nitrogen and oxygen atoms in total. The number of halogens is 1. The van der Waals surface area contributed by atoms with Gasteiger partial charge in [0.1, 0.15) is 10.2 Å². The molecule has 0 unspecified atom stereocenters. The summed E-state index contributed by atoms with van der Waals surface area (Å²) in [5.41, 5.74) is 0.118. The van der Waals surface area contributed by atoms with E-state index >= 15 is 0 Å². The van der Waals surface area contributed by atoms with Gasteiger partial charge in [0.2, 0.25) is 0 Å². The fourth-order valence-electron chi connectivity index (χ4n) is 1.81. The van der Waals surface area contributed by atoms with Crippen molar-refractivity contribution in [2.24, 2.45) is 0 Å². The van der Waals surface area contributed by atoms with E-state index in [2.05, 4.69) is 26.2 Å². The van der Waals surface area contributed by atoms with Gasteiger partial charge < -0.3 is 15.0 Å². The first-order chi connectivity index (χ1) is 9.99. The summed E-state index contributed by atoms with van der Waals surface area (Å²) in [5, 5.41) is 3.26. The van der Waals surface area contributed by atoms with Gasteiger partial charge >= 0.3 is 6.09 Å². The number of pyridine rings is 1. The SMILES string of the molecule is CC(C)(C)OC(=O)N(CCNc1ccc(Br)nc1)C(C)(C)C. The van der Waals surface area contributed by atoms with Crippen LogP contribution in [0.2, 0.25) is 0 Å². The zero-order valence-corrected chi connectivity index (χ0v) is 15.8. The van der Waals surface area contributed by atoms with Crippen LogP contribution in [0.4, 0.5) is 10.5 Å². The second-order valence-electron chi connectivity index (χ2n) is 7.10. The van der Waals surface area contributed by atoms with E-state index in [0.29, 0.717) is 13.1 Å². The van der Waals surface area contributed by atoms with E-state index in [1.54, 1.807) is 11.1 Å². The number of amides is 1. The molecule has 22 heavy (non-hydrogen) atoms. The largest absolute Gasteiger partial charge is 0.444 e. The van der Waals surface area contributed by atoms with E-state index in [9.17, 15) is 4.79 Å². The Bertz CT molecular complexity index is 490. The molecular formula is C16H26BrN3O2. The van der Waals surface area contributed by atoms with Gasteiger partial charge in [-0.25, -0.2) is 9.78 Å². The minimum atomic E-state index is -0.496. The van der Waals surface area contributed by atoms with Crippen LogP contribution in [0.3, 0.4) is 0 Å². The molecule has 1 aromatic rings. The number of hydrogen-bond acceptors (Lipinski definition) is 4. The van der Waals surface area contributed by atoms with Crippen LogP contribution in [0.15, 0.2) is 22.9 Å². The first-order valence-corrected chi connectivity index (χ1v) is 8.14. The number of carbonyl (C=O) groups excluding carboxylic acids is 1. The van der Waals surface area contributed by atoms with E-state index < -0.39 is 5.60 Å². The fraction of sp³-hybridized carbons (Fsp3) is 0.625. The fourth-order valence-corrected chi connectivity index (χ4v) is 2.04. The first-order valence-electron chi connectivity index (χ1n) is 7.35. The van der Waals surface area contributed by atoms with Gasteiger partial charge in [0, 0.05) is 18.6 Å². The lowest BCUT2D eigenvalue weighted by atomic mass is 10.1. The Labute approximate surface area is 141 Å². The normalized spacial score (nSPS) is 12.0. The molecule has 0 aliphatic carbocycles. The molecule has 6 heteroatoms. The number of ether oxygens (including phenoxy) is 1. The monoisotopic (exact) mass is 371 g/mol. The lowest BCUT2D eigenvalue weighted by Crippen LogP contribution is -2.49. The average Bonchev–Trinajstić information content (AvgIpc) is 2.32. The zero-order chi connectivity index (χ0) is 17.0. The third-order valence-corrected chi connectivity index (χ3v) is 3.28.